The van der Waals surface area contributed by atoms with Crippen molar-refractivity contribution < 1.29 is 0 Å². The molecule has 3 rings (SSSR count). The van der Waals surface area contributed by atoms with Gasteiger partial charge in [-0.1, -0.05) is 0 Å². The molecule has 1 N–H and O–H groups in total. The Morgan fingerprint density at radius 2 is 2.00 bits per heavy atom. The summed E-state index contributed by atoms with van der Waals surface area (Å²) in [7, 11) is 0. The van der Waals surface area contributed by atoms with Crippen LogP contribution in [0.15, 0.2) is 0 Å². The Labute approximate surface area is 106 Å². The Bertz CT molecular complexity index is 238. The molecule has 3 heterocycles. The number of hydrogen-bond acceptors (Lipinski definition) is 3. The summed E-state index contributed by atoms with van der Waals surface area (Å²) < 4.78 is 0. The molecular weight excluding hydrogens is 210 g/mol. The van der Waals surface area contributed by atoms with Crippen LogP contribution in [0.25, 0.3) is 0 Å². The fraction of sp³-hybridized carbons (Fsp3) is 1.00. The van der Waals surface area contributed by atoms with Crippen LogP contribution >= 0.6 is 0 Å². The summed E-state index contributed by atoms with van der Waals surface area (Å²) in [6.45, 7) is 9.27. The lowest BCUT2D eigenvalue weighted by Crippen LogP contribution is -2.37. The molecule has 2 atom stereocenters. The van der Waals surface area contributed by atoms with Gasteiger partial charge in [-0.15, -0.1) is 0 Å². The molecule has 3 fully saturated rings. The van der Waals surface area contributed by atoms with Gasteiger partial charge < -0.3 is 10.2 Å². The van der Waals surface area contributed by atoms with Crippen LogP contribution in [0.1, 0.15) is 32.1 Å². The minimum atomic E-state index is 0.888. The molecule has 0 amide bonds. The largest absolute Gasteiger partial charge is 0.316 e. The highest BCUT2D eigenvalue weighted by Gasteiger charge is 2.28. The summed E-state index contributed by atoms with van der Waals surface area (Å²) in [5.41, 5.74) is 0. The second-order valence-electron chi connectivity index (χ2n) is 6.13. The summed E-state index contributed by atoms with van der Waals surface area (Å²) in [4.78, 5) is 5.48. The number of fused-ring (bicyclic) bond motifs is 1. The van der Waals surface area contributed by atoms with Crippen LogP contribution in [0.4, 0.5) is 0 Å². The van der Waals surface area contributed by atoms with Crippen molar-refractivity contribution in [1.82, 2.24) is 15.1 Å². The summed E-state index contributed by atoms with van der Waals surface area (Å²) in [5, 5.41) is 3.48. The normalized spacial score (nSPS) is 36.0. The maximum Gasteiger partial charge on any atom is 0.0223 e. The van der Waals surface area contributed by atoms with E-state index in [4.69, 9.17) is 0 Å². The number of hydrogen-bond donors (Lipinski definition) is 1. The minimum absolute atomic E-state index is 0.888. The van der Waals surface area contributed by atoms with E-state index in [1.807, 2.05) is 0 Å². The minimum Gasteiger partial charge on any atom is -0.316 e. The van der Waals surface area contributed by atoms with Crippen molar-refractivity contribution in [2.45, 2.75) is 38.1 Å². The zero-order valence-corrected chi connectivity index (χ0v) is 11.0. The van der Waals surface area contributed by atoms with Crippen LogP contribution in [-0.4, -0.2) is 61.7 Å². The molecule has 2 unspecified atom stereocenters. The van der Waals surface area contributed by atoms with Crippen molar-refractivity contribution in [3.63, 3.8) is 0 Å². The first-order valence-electron chi connectivity index (χ1n) is 7.59. The average molecular weight is 237 g/mol. The van der Waals surface area contributed by atoms with Gasteiger partial charge in [-0.2, -0.15) is 0 Å². The highest BCUT2D eigenvalue weighted by molar-refractivity contribution is 4.85. The molecule has 3 nitrogen and oxygen atoms in total. The second kappa shape index (κ2) is 5.68. The Balaban J connectivity index is 1.45. The third-order valence-electron chi connectivity index (χ3n) is 4.90. The fourth-order valence-electron chi connectivity index (χ4n) is 3.81. The monoisotopic (exact) mass is 237 g/mol. The zero-order chi connectivity index (χ0) is 11.5. The first kappa shape index (κ1) is 11.9. The molecule has 0 aliphatic carbocycles. The van der Waals surface area contributed by atoms with Crippen molar-refractivity contribution in [2.24, 2.45) is 5.92 Å². The average Bonchev–Trinajstić information content (AvgIpc) is 2.95. The van der Waals surface area contributed by atoms with Crippen molar-refractivity contribution >= 4 is 0 Å². The molecule has 3 aliphatic heterocycles. The maximum absolute atomic E-state index is 3.48. The van der Waals surface area contributed by atoms with E-state index in [2.05, 4.69) is 15.1 Å². The van der Waals surface area contributed by atoms with E-state index in [0.717, 1.165) is 12.0 Å². The van der Waals surface area contributed by atoms with Crippen LogP contribution in [0.5, 0.6) is 0 Å². The topological polar surface area (TPSA) is 18.5 Å². The lowest BCUT2D eigenvalue weighted by molar-refractivity contribution is 0.212. The quantitative estimate of drug-likeness (QED) is 0.794. The van der Waals surface area contributed by atoms with E-state index in [0.29, 0.717) is 0 Å². The predicted octanol–water partition coefficient (Wildman–Crippen LogP) is 1.16. The lowest BCUT2D eigenvalue weighted by atomic mass is 10.0. The van der Waals surface area contributed by atoms with Gasteiger partial charge in [0.2, 0.25) is 0 Å². The van der Waals surface area contributed by atoms with Gasteiger partial charge in [0.15, 0.2) is 0 Å². The van der Waals surface area contributed by atoms with Gasteiger partial charge in [0, 0.05) is 12.6 Å². The van der Waals surface area contributed by atoms with Crippen LogP contribution in [0, 0.1) is 5.92 Å². The van der Waals surface area contributed by atoms with Crippen LogP contribution in [0.2, 0.25) is 0 Å². The van der Waals surface area contributed by atoms with E-state index in [9.17, 15) is 0 Å². The Kier molecular flexibility index (Phi) is 3.99. The summed E-state index contributed by atoms with van der Waals surface area (Å²) >= 11 is 0. The van der Waals surface area contributed by atoms with Crippen LogP contribution in [0.3, 0.4) is 0 Å². The maximum atomic E-state index is 3.48. The molecular formula is C14H27N3. The summed E-state index contributed by atoms with van der Waals surface area (Å²) in [6, 6.07) is 0.888. The molecule has 17 heavy (non-hydrogen) atoms. The van der Waals surface area contributed by atoms with E-state index >= 15 is 0 Å². The van der Waals surface area contributed by atoms with Crippen LogP contribution in [-0.2, 0) is 0 Å². The SMILES string of the molecule is C1CC2CN(CCC3CCNC3)CCCN2C1. The number of nitrogens with zero attached hydrogens (tertiary/aromatic N) is 2. The lowest BCUT2D eigenvalue weighted by Gasteiger charge is -2.26. The van der Waals surface area contributed by atoms with Gasteiger partial charge in [-0.25, -0.2) is 0 Å². The molecule has 0 aromatic rings. The first-order chi connectivity index (χ1) is 8.42. The third-order valence-corrected chi connectivity index (χ3v) is 4.90. The first-order valence-corrected chi connectivity index (χ1v) is 7.59. The highest BCUT2D eigenvalue weighted by Crippen LogP contribution is 2.22. The van der Waals surface area contributed by atoms with Crippen molar-refractivity contribution in [1.29, 1.82) is 0 Å². The summed E-state index contributed by atoms with van der Waals surface area (Å²) in [6.07, 6.45) is 7.09. The van der Waals surface area contributed by atoms with Crippen molar-refractivity contribution in [3.05, 3.63) is 0 Å². The predicted molar refractivity (Wildman–Crippen MR) is 71.2 cm³/mol. The molecule has 0 saturated carbocycles. The van der Waals surface area contributed by atoms with Crippen molar-refractivity contribution in [3.8, 4) is 0 Å². The molecule has 0 radical (unpaired) electrons. The Morgan fingerprint density at radius 1 is 1.06 bits per heavy atom. The fourth-order valence-corrected chi connectivity index (χ4v) is 3.81. The van der Waals surface area contributed by atoms with Gasteiger partial charge in [-0.3, -0.25) is 4.90 Å². The molecule has 3 aliphatic rings. The van der Waals surface area contributed by atoms with Crippen molar-refractivity contribution in [2.75, 3.05) is 45.8 Å². The smallest absolute Gasteiger partial charge is 0.0223 e. The zero-order valence-electron chi connectivity index (χ0n) is 11.0. The van der Waals surface area contributed by atoms with Gasteiger partial charge in [-0.05, 0) is 77.3 Å². The van der Waals surface area contributed by atoms with E-state index in [1.54, 1.807) is 0 Å². The Hall–Kier alpha value is -0.120. The molecule has 0 spiro atoms. The van der Waals surface area contributed by atoms with Gasteiger partial charge in [0.1, 0.15) is 0 Å². The molecule has 0 bridgehead atoms. The molecule has 98 valence electrons. The molecule has 3 heteroatoms. The van der Waals surface area contributed by atoms with E-state index < -0.39 is 0 Å². The van der Waals surface area contributed by atoms with Gasteiger partial charge in [0.25, 0.3) is 0 Å². The molecule has 3 saturated heterocycles. The number of rotatable bonds is 3. The van der Waals surface area contributed by atoms with Gasteiger partial charge in [0.05, 0.1) is 0 Å². The Morgan fingerprint density at radius 3 is 2.88 bits per heavy atom. The summed E-state index contributed by atoms with van der Waals surface area (Å²) in [5.74, 6) is 0.956. The van der Waals surface area contributed by atoms with E-state index in [-0.39, 0.29) is 0 Å². The van der Waals surface area contributed by atoms with Gasteiger partial charge >= 0.3 is 0 Å². The molecule has 0 aromatic heterocycles. The standard InChI is InChI=1S/C14H27N3/c1-3-14-12-16(7-2-9-17(14)8-1)10-5-13-4-6-15-11-13/h13-15H,1-12H2. The number of nitrogens with one attached hydrogen (secondary N) is 1. The highest BCUT2D eigenvalue weighted by atomic mass is 15.3. The van der Waals surface area contributed by atoms with E-state index in [1.165, 1.54) is 77.9 Å². The second-order valence-corrected chi connectivity index (χ2v) is 6.13. The van der Waals surface area contributed by atoms with Crippen LogP contribution < -0.4 is 5.32 Å². The third kappa shape index (κ3) is 3.01. The molecule has 0 aromatic carbocycles.